The molecule has 3 aliphatic rings. The summed E-state index contributed by atoms with van der Waals surface area (Å²) in [5.41, 5.74) is 3.31. The van der Waals surface area contributed by atoms with Crippen LogP contribution in [0.4, 0.5) is 0 Å². The van der Waals surface area contributed by atoms with Gasteiger partial charge in [-0.15, -0.1) is 11.3 Å². The fraction of sp³-hybridized carbons (Fsp3) is 0.438. The number of methoxy groups -OCH3 is 1. The second-order valence-corrected chi connectivity index (χ2v) is 12.2. The molecule has 0 spiro atoms. The highest BCUT2D eigenvalue weighted by Gasteiger charge is 2.40. The molecule has 0 radical (unpaired) electrons. The van der Waals surface area contributed by atoms with Gasteiger partial charge < -0.3 is 29.3 Å². The maximum atomic E-state index is 13.6. The minimum Gasteiger partial charge on any atom is -0.493 e. The first-order valence-corrected chi connectivity index (χ1v) is 15.6. The lowest BCUT2D eigenvalue weighted by Gasteiger charge is -2.25. The van der Waals surface area contributed by atoms with Gasteiger partial charge in [0.2, 0.25) is 11.8 Å². The normalized spacial score (nSPS) is 20.3. The molecular formula is C32H36N4O6S. The van der Waals surface area contributed by atoms with Crippen molar-refractivity contribution in [3.05, 3.63) is 69.2 Å². The van der Waals surface area contributed by atoms with Crippen LogP contribution in [-0.4, -0.2) is 85.6 Å². The number of likely N-dealkylation sites (tertiary alicyclic amines) is 1. The fourth-order valence-electron chi connectivity index (χ4n) is 6.10. The van der Waals surface area contributed by atoms with Crippen molar-refractivity contribution < 1.29 is 28.6 Å². The summed E-state index contributed by atoms with van der Waals surface area (Å²) in [5.74, 6) is 1.10. The van der Waals surface area contributed by atoms with Gasteiger partial charge in [0.05, 0.1) is 43.3 Å². The third-order valence-corrected chi connectivity index (χ3v) is 9.19. The summed E-state index contributed by atoms with van der Waals surface area (Å²) in [6.07, 6.45) is 1.59. The number of carbonyl (C=O) groups is 3. The SMILES string of the molecule is COc1ccc2cc1OCCN(C(=O)c1ccc3c(c1)CCO3)CCCNC(=O)[C@H]1CN(C(=O)Cc3csc(C)n3)C[C@H]21. The minimum atomic E-state index is -0.420. The Labute approximate surface area is 254 Å². The van der Waals surface area contributed by atoms with Crippen molar-refractivity contribution in [1.29, 1.82) is 0 Å². The standard InChI is InChI=1S/C32H36N4O6S/c1-20-34-24(19-43-20)16-30(37)36-17-25-21-4-7-28(40-2)29(15-21)42-13-11-35(10-3-9-33-31(38)26(25)18-36)32(39)23-5-6-27-22(14-23)8-12-41-27/h4-7,14-15,19,25-26H,3,8-13,16-18H2,1-2H3,(H,33,38)/t25-,26+/m1/s1. The lowest BCUT2D eigenvalue weighted by molar-refractivity contribution is -0.130. The third kappa shape index (κ3) is 6.31. The van der Waals surface area contributed by atoms with Gasteiger partial charge in [-0.05, 0) is 54.8 Å². The number of nitrogens with zero attached hydrogens (tertiary/aromatic N) is 3. The van der Waals surface area contributed by atoms with E-state index in [2.05, 4.69) is 10.3 Å². The average molecular weight is 605 g/mol. The van der Waals surface area contributed by atoms with E-state index in [0.29, 0.717) is 62.8 Å². The Kier molecular flexibility index (Phi) is 8.51. The molecule has 1 saturated heterocycles. The van der Waals surface area contributed by atoms with Crippen molar-refractivity contribution in [3.63, 3.8) is 0 Å². The summed E-state index contributed by atoms with van der Waals surface area (Å²) < 4.78 is 17.4. The number of rotatable bonds is 4. The topological polar surface area (TPSA) is 110 Å². The molecule has 0 unspecified atom stereocenters. The third-order valence-electron chi connectivity index (χ3n) is 8.37. The molecule has 3 aliphatic heterocycles. The van der Waals surface area contributed by atoms with Crippen molar-refractivity contribution in [2.24, 2.45) is 5.92 Å². The molecule has 6 rings (SSSR count). The van der Waals surface area contributed by atoms with Crippen molar-refractivity contribution in [1.82, 2.24) is 20.1 Å². The van der Waals surface area contributed by atoms with Gasteiger partial charge in [-0.25, -0.2) is 4.98 Å². The van der Waals surface area contributed by atoms with E-state index in [1.54, 1.807) is 23.0 Å². The Morgan fingerprint density at radius 2 is 1.88 bits per heavy atom. The molecule has 226 valence electrons. The predicted octanol–water partition coefficient (Wildman–Crippen LogP) is 3.22. The summed E-state index contributed by atoms with van der Waals surface area (Å²) in [6, 6.07) is 11.2. The number of ether oxygens (including phenoxy) is 3. The number of benzene rings is 2. The van der Waals surface area contributed by atoms with Crippen LogP contribution in [0.15, 0.2) is 41.8 Å². The quantitative estimate of drug-likeness (QED) is 0.487. The summed E-state index contributed by atoms with van der Waals surface area (Å²) in [7, 11) is 1.58. The zero-order valence-corrected chi connectivity index (χ0v) is 25.3. The molecule has 1 fully saturated rings. The van der Waals surface area contributed by atoms with Gasteiger partial charge in [0.15, 0.2) is 11.5 Å². The van der Waals surface area contributed by atoms with Gasteiger partial charge in [-0.1, -0.05) is 6.07 Å². The molecule has 3 amide bonds. The molecule has 2 aromatic carbocycles. The zero-order valence-electron chi connectivity index (χ0n) is 24.5. The van der Waals surface area contributed by atoms with Gasteiger partial charge in [0.1, 0.15) is 12.4 Å². The van der Waals surface area contributed by atoms with Crippen LogP contribution in [0.5, 0.6) is 17.2 Å². The minimum absolute atomic E-state index is 0.0410. The molecule has 3 aromatic rings. The van der Waals surface area contributed by atoms with Crippen LogP contribution in [0, 0.1) is 12.8 Å². The summed E-state index contributed by atoms with van der Waals surface area (Å²) in [6.45, 7) is 4.83. The number of hydrogen-bond donors (Lipinski definition) is 1. The van der Waals surface area contributed by atoms with Crippen LogP contribution in [0.2, 0.25) is 0 Å². The Morgan fingerprint density at radius 3 is 2.70 bits per heavy atom. The van der Waals surface area contributed by atoms with Gasteiger partial charge in [-0.3, -0.25) is 14.4 Å². The number of thiazole rings is 1. The van der Waals surface area contributed by atoms with Crippen molar-refractivity contribution in [3.8, 4) is 17.2 Å². The van der Waals surface area contributed by atoms with E-state index in [-0.39, 0.29) is 36.7 Å². The second-order valence-electron chi connectivity index (χ2n) is 11.2. The number of aryl methyl sites for hydroxylation is 1. The average Bonchev–Trinajstić information content (AvgIpc) is 3.77. The summed E-state index contributed by atoms with van der Waals surface area (Å²) >= 11 is 1.52. The number of aromatic nitrogens is 1. The summed E-state index contributed by atoms with van der Waals surface area (Å²) in [4.78, 5) is 48.4. The van der Waals surface area contributed by atoms with Gasteiger partial charge in [0.25, 0.3) is 5.91 Å². The monoisotopic (exact) mass is 604 g/mol. The molecule has 10 nitrogen and oxygen atoms in total. The maximum Gasteiger partial charge on any atom is 0.253 e. The molecule has 11 heteroatoms. The highest BCUT2D eigenvalue weighted by Crippen LogP contribution is 2.38. The van der Waals surface area contributed by atoms with E-state index in [0.717, 1.165) is 34.0 Å². The van der Waals surface area contributed by atoms with Gasteiger partial charge >= 0.3 is 0 Å². The Morgan fingerprint density at radius 1 is 1.05 bits per heavy atom. The van der Waals surface area contributed by atoms with Crippen LogP contribution in [0.3, 0.4) is 0 Å². The Balaban J connectivity index is 1.22. The van der Waals surface area contributed by atoms with E-state index in [4.69, 9.17) is 14.2 Å². The smallest absolute Gasteiger partial charge is 0.253 e. The highest BCUT2D eigenvalue weighted by molar-refractivity contribution is 7.09. The molecular weight excluding hydrogens is 568 g/mol. The predicted molar refractivity (Wildman–Crippen MR) is 161 cm³/mol. The van der Waals surface area contributed by atoms with E-state index in [1.165, 1.54) is 11.3 Å². The number of fused-ring (bicyclic) bond motifs is 5. The molecule has 1 aromatic heterocycles. The van der Waals surface area contributed by atoms with Crippen LogP contribution in [0.25, 0.3) is 0 Å². The van der Waals surface area contributed by atoms with Gasteiger partial charge in [0, 0.05) is 49.5 Å². The Hall–Kier alpha value is -4.12. The van der Waals surface area contributed by atoms with E-state index in [9.17, 15) is 14.4 Å². The number of hydrogen-bond acceptors (Lipinski definition) is 8. The van der Waals surface area contributed by atoms with Crippen LogP contribution < -0.4 is 19.5 Å². The summed E-state index contributed by atoms with van der Waals surface area (Å²) in [5, 5.41) is 5.92. The van der Waals surface area contributed by atoms with Crippen molar-refractivity contribution >= 4 is 29.1 Å². The van der Waals surface area contributed by atoms with Crippen LogP contribution >= 0.6 is 11.3 Å². The molecule has 2 atom stereocenters. The van der Waals surface area contributed by atoms with Gasteiger partial charge in [-0.2, -0.15) is 0 Å². The molecule has 43 heavy (non-hydrogen) atoms. The van der Waals surface area contributed by atoms with E-state index < -0.39 is 5.92 Å². The van der Waals surface area contributed by atoms with Crippen molar-refractivity contribution in [2.45, 2.75) is 32.1 Å². The van der Waals surface area contributed by atoms with Crippen LogP contribution in [-0.2, 0) is 22.4 Å². The number of carbonyl (C=O) groups excluding carboxylic acids is 3. The molecule has 1 N–H and O–H groups in total. The number of nitrogens with one attached hydrogen (secondary N) is 1. The first-order valence-electron chi connectivity index (χ1n) is 14.7. The molecule has 0 aliphatic carbocycles. The second kappa shape index (κ2) is 12.6. The lowest BCUT2D eigenvalue weighted by Crippen LogP contribution is -2.39. The highest BCUT2D eigenvalue weighted by atomic mass is 32.1. The van der Waals surface area contributed by atoms with E-state index >= 15 is 0 Å². The zero-order chi connectivity index (χ0) is 29.9. The van der Waals surface area contributed by atoms with E-state index in [1.807, 2.05) is 42.6 Å². The largest absolute Gasteiger partial charge is 0.493 e. The molecule has 4 heterocycles. The number of amides is 3. The maximum absolute atomic E-state index is 13.6. The van der Waals surface area contributed by atoms with Crippen molar-refractivity contribution in [2.75, 3.05) is 53.0 Å². The first-order chi connectivity index (χ1) is 20.9. The lowest BCUT2D eigenvalue weighted by atomic mass is 9.88. The Bertz CT molecular complexity index is 1520. The molecule has 2 bridgehead atoms. The first kappa shape index (κ1) is 29.0. The molecule has 0 saturated carbocycles. The van der Waals surface area contributed by atoms with Crippen LogP contribution in [0.1, 0.15) is 44.5 Å². The fourth-order valence-corrected chi connectivity index (χ4v) is 6.71.